The molecule has 0 bridgehead atoms. The summed E-state index contributed by atoms with van der Waals surface area (Å²) in [4.78, 5) is 2.11. The van der Waals surface area contributed by atoms with Crippen molar-refractivity contribution in [1.82, 2.24) is 4.90 Å². The van der Waals surface area contributed by atoms with Crippen molar-refractivity contribution in [3.63, 3.8) is 0 Å². The zero-order valence-electron chi connectivity index (χ0n) is 11.7. The molecule has 0 spiro atoms. The molecule has 6 nitrogen and oxygen atoms in total. The molecule has 1 heterocycles. The van der Waals surface area contributed by atoms with Crippen LogP contribution in [0.4, 0.5) is 5.69 Å². The van der Waals surface area contributed by atoms with Crippen molar-refractivity contribution in [2.24, 2.45) is 0 Å². The average Bonchev–Trinajstić information content (AvgIpc) is 2.71. The van der Waals surface area contributed by atoms with E-state index >= 15 is 0 Å². The van der Waals surface area contributed by atoms with Gasteiger partial charge in [-0.1, -0.05) is 0 Å². The molecule has 1 aromatic carbocycles. The Morgan fingerprint density at radius 2 is 2.15 bits per heavy atom. The van der Waals surface area contributed by atoms with Crippen LogP contribution in [0.15, 0.2) is 24.3 Å². The zero-order chi connectivity index (χ0) is 14.8. The number of nitrogens with one attached hydrogen (secondary N) is 1. The molecule has 1 fully saturated rings. The van der Waals surface area contributed by atoms with E-state index in [4.69, 9.17) is 15.2 Å². The van der Waals surface area contributed by atoms with Crippen LogP contribution >= 0.6 is 0 Å². The lowest BCUT2D eigenvalue weighted by Gasteiger charge is -2.22. The molecule has 2 unspecified atom stereocenters. The van der Waals surface area contributed by atoms with E-state index in [-0.39, 0.29) is 17.5 Å². The highest BCUT2D eigenvalue weighted by molar-refractivity contribution is 5.33. The Bertz CT molecular complexity index is 493. The van der Waals surface area contributed by atoms with Gasteiger partial charge in [0.1, 0.15) is 6.23 Å². The van der Waals surface area contributed by atoms with Gasteiger partial charge in [0.05, 0.1) is 11.7 Å². The lowest BCUT2D eigenvalue weighted by atomic mass is 10.1. The lowest BCUT2D eigenvalue weighted by molar-refractivity contribution is -0.991. The highest BCUT2D eigenvalue weighted by Gasteiger charge is 2.38. The molecule has 1 aromatic rings. The highest BCUT2D eigenvalue weighted by atomic mass is 16.8. The first-order valence-corrected chi connectivity index (χ1v) is 6.55. The van der Waals surface area contributed by atoms with Gasteiger partial charge >= 0.3 is 0 Å². The normalized spacial score (nSPS) is 23.4. The van der Waals surface area contributed by atoms with E-state index in [0.29, 0.717) is 13.0 Å². The summed E-state index contributed by atoms with van der Waals surface area (Å²) in [5, 5.41) is 27.6. The largest absolute Gasteiger partial charge is 0.595 e. The maximum atomic E-state index is 10.9. The molecule has 2 atom stereocenters. The Morgan fingerprint density at radius 1 is 1.50 bits per heavy atom. The summed E-state index contributed by atoms with van der Waals surface area (Å²) in [5.41, 5.74) is 0.902. The average molecular weight is 277 g/mol. The first-order chi connectivity index (χ1) is 9.43. The number of rotatable bonds is 4. The monoisotopic (exact) mass is 277 g/mol. The van der Waals surface area contributed by atoms with Crippen LogP contribution in [0.5, 0.6) is 0 Å². The molecule has 2 N–H and O–H groups in total. The standard InChI is InChI=1S/C14H19N3O3/c1-14(2)10-16(9-3-8-15)13(20-14)11-4-6-12(7-5-11)17(18)19/h4-7,13,17-18H,3,9-10H2,1-2H3. The van der Waals surface area contributed by atoms with Gasteiger partial charge in [-0.05, 0) is 31.5 Å². The minimum Gasteiger partial charge on any atom is -0.595 e. The van der Waals surface area contributed by atoms with Gasteiger partial charge in [-0.3, -0.25) is 4.90 Å². The molecular formula is C14H19N3O3. The van der Waals surface area contributed by atoms with Crippen molar-refractivity contribution in [3.05, 3.63) is 35.0 Å². The molecule has 1 aliphatic rings. The predicted octanol–water partition coefficient (Wildman–Crippen LogP) is 1.11. The van der Waals surface area contributed by atoms with E-state index in [1.54, 1.807) is 24.3 Å². The maximum absolute atomic E-state index is 10.9. The summed E-state index contributed by atoms with van der Waals surface area (Å²) in [7, 11) is 0. The van der Waals surface area contributed by atoms with Gasteiger partial charge < -0.3 is 9.94 Å². The van der Waals surface area contributed by atoms with Crippen molar-refractivity contribution in [2.75, 3.05) is 13.1 Å². The number of hydrogen-bond acceptors (Lipinski definition) is 5. The summed E-state index contributed by atoms with van der Waals surface area (Å²) in [6.07, 6.45) is 0.226. The van der Waals surface area contributed by atoms with E-state index in [1.165, 1.54) is 0 Å². The Balaban J connectivity index is 2.18. The fourth-order valence-corrected chi connectivity index (χ4v) is 2.45. The molecule has 108 valence electrons. The fraction of sp³-hybridized carbons (Fsp3) is 0.500. The van der Waals surface area contributed by atoms with E-state index < -0.39 is 5.23 Å². The van der Waals surface area contributed by atoms with Crippen LogP contribution in [0.25, 0.3) is 0 Å². The number of nitrogens with zero attached hydrogens (tertiary/aromatic N) is 2. The summed E-state index contributed by atoms with van der Waals surface area (Å²) < 4.78 is 6.01. The Morgan fingerprint density at radius 3 is 2.70 bits per heavy atom. The molecule has 0 amide bonds. The summed E-state index contributed by atoms with van der Waals surface area (Å²) in [6.45, 7) is 5.42. The molecule has 2 rings (SSSR count). The highest BCUT2D eigenvalue weighted by Crippen LogP contribution is 2.35. The minimum atomic E-state index is -0.939. The van der Waals surface area contributed by atoms with Gasteiger partial charge in [0, 0.05) is 31.6 Å². The molecule has 0 radical (unpaired) electrons. The number of ether oxygens (including phenoxy) is 1. The topological polar surface area (TPSA) is 84.0 Å². The third kappa shape index (κ3) is 3.33. The van der Waals surface area contributed by atoms with Crippen molar-refractivity contribution in [1.29, 1.82) is 5.26 Å². The third-order valence-corrected chi connectivity index (χ3v) is 3.30. The van der Waals surface area contributed by atoms with Crippen LogP contribution in [0.1, 0.15) is 32.1 Å². The Kier molecular flexibility index (Phi) is 4.38. The zero-order valence-corrected chi connectivity index (χ0v) is 11.7. The molecule has 1 aliphatic heterocycles. The summed E-state index contributed by atoms with van der Waals surface area (Å²) >= 11 is 0. The number of quaternary nitrogens is 1. The quantitative estimate of drug-likeness (QED) is 0.805. The van der Waals surface area contributed by atoms with Gasteiger partial charge in [-0.2, -0.15) is 10.5 Å². The van der Waals surface area contributed by atoms with E-state index in [2.05, 4.69) is 11.0 Å². The van der Waals surface area contributed by atoms with Crippen LogP contribution in [0, 0.1) is 16.5 Å². The van der Waals surface area contributed by atoms with Gasteiger partial charge in [0.2, 0.25) is 0 Å². The molecule has 0 saturated carbocycles. The Hall–Kier alpha value is -1.49. The van der Waals surface area contributed by atoms with Crippen molar-refractivity contribution >= 4 is 5.69 Å². The summed E-state index contributed by atoms with van der Waals surface area (Å²) in [5.74, 6) is 0. The number of hydrogen-bond donors (Lipinski definition) is 2. The second-order valence-electron chi connectivity index (χ2n) is 5.54. The van der Waals surface area contributed by atoms with Crippen molar-refractivity contribution in [2.45, 2.75) is 32.1 Å². The molecule has 6 heteroatoms. The number of benzene rings is 1. The first-order valence-electron chi connectivity index (χ1n) is 6.55. The first kappa shape index (κ1) is 14.9. The molecule has 1 saturated heterocycles. The van der Waals surface area contributed by atoms with Crippen LogP contribution in [0.2, 0.25) is 0 Å². The summed E-state index contributed by atoms with van der Waals surface area (Å²) in [6, 6.07) is 8.84. The fourth-order valence-electron chi connectivity index (χ4n) is 2.45. The minimum absolute atomic E-state index is 0.221. The molecule has 0 aliphatic carbocycles. The van der Waals surface area contributed by atoms with Gasteiger partial charge in [0.15, 0.2) is 5.69 Å². The van der Waals surface area contributed by atoms with Crippen LogP contribution in [-0.4, -0.2) is 28.8 Å². The molecule has 20 heavy (non-hydrogen) atoms. The smallest absolute Gasteiger partial charge is 0.163 e. The third-order valence-electron chi connectivity index (χ3n) is 3.30. The van der Waals surface area contributed by atoms with Gasteiger partial charge in [-0.25, -0.2) is 5.21 Å². The lowest BCUT2D eigenvalue weighted by Crippen LogP contribution is -2.99. The molecule has 0 aromatic heterocycles. The van der Waals surface area contributed by atoms with Crippen molar-refractivity contribution in [3.8, 4) is 6.07 Å². The van der Waals surface area contributed by atoms with E-state index in [1.807, 2.05) is 13.8 Å². The van der Waals surface area contributed by atoms with Gasteiger partial charge in [0.25, 0.3) is 0 Å². The van der Waals surface area contributed by atoms with E-state index in [9.17, 15) is 5.21 Å². The van der Waals surface area contributed by atoms with Crippen LogP contribution < -0.4 is 5.23 Å². The molecular weight excluding hydrogens is 258 g/mol. The van der Waals surface area contributed by atoms with Crippen molar-refractivity contribution < 1.29 is 15.2 Å². The predicted molar refractivity (Wildman–Crippen MR) is 71.9 cm³/mol. The number of nitriles is 1. The second kappa shape index (κ2) is 5.87. The second-order valence-corrected chi connectivity index (χ2v) is 5.54. The van der Waals surface area contributed by atoms with Crippen LogP contribution in [0.3, 0.4) is 0 Å². The SMILES string of the molecule is CC1(C)CN(CCC#N)C(c2ccc([NH+]([O-])O)cc2)O1. The van der Waals surface area contributed by atoms with Crippen LogP contribution in [-0.2, 0) is 4.74 Å². The van der Waals surface area contributed by atoms with Gasteiger partial charge in [-0.15, -0.1) is 0 Å². The Labute approximate surface area is 118 Å². The van der Waals surface area contributed by atoms with E-state index in [0.717, 1.165) is 12.1 Å². The maximum Gasteiger partial charge on any atom is 0.163 e.